The predicted molar refractivity (Wildman–Crippen MR) is 51.6 cm³/mol. The quantitative estimate of drug-likeness (QED) is 0.298. The highest BCUT2D eigenvalue weighted by Gasteiger charge is 2.80. The second-order valence-electron chi connectivity index (χ2n) is 3.66. The molecule has 21 heavy (non-hydrogen) atoms. The number of nitrogens with zero attached hydrogens (tertiary/aromatic N) is 1. The van der Waals surface area contributed by atoms with Crippen LogP contribution >= 0.6 is 0 Å². The first-order valence-corrected chi connectivity index (χ1v) is 4.86. The van der Waals surface area contributed by atoms with Gasteiger partial charge < -0.3 is 4.74 Å². The van der Waals surface area contributed by atoms with Gasteiger partial charge in [-0.1, -0.05) is 11.8 Å². The molecule has 0 heterocycles. The molecule has 0 bridgehead atoms. The Kier molecular flexibility index (Phi) is 5.44. The van der Waals surface area contributed by atoms with Crippen LogP contribution in [0.15, 0.2) is 17.8 Å². The Bertz CT molecular complexity index is 423. The maximum absolute atomic E-state index is 13.0. The van der Waals surface area contributed by atoms with Crippen molar-refractivity contribution in [2.45, 2.75) is 23.7 Å². The molecular weight excluding hydrogens is 322 g/mol. The van der Waals surface area contributed by atoms with Crippen LogP contribution in [-0.2, 0) is 9.53 Å². The van der Waals surface area contributed by atoms with Gasteiger partial charge in [0.25, 0.3) is 0 Å². The summed E-state index contributed by atoms with van der Waals surface area (Å²) in [5, 5.41) is 1.30. The van der Waals surface area contributed by atoms with Crippen LogP contribution in [0, 0.1) is 4.91 Å². The number of carbonyl (C=O) groups is 1. The molecule has 0 N–H and O–H groups in total. The van der Waals surface area contributed by atoms with Crippen LogP contribution < -0.4 is 0 Å². The smallest absolute Gasteiger partial charge is 0.381 e. The summed E-state index contributed by atoms with van der Waals surface area (Å²) in [6, 6.07) is 0. The van der Waals surface area contributed by atoms with Gasteiger partial charge in [0.15, 0.2) is 13.2 Å². The molecule has 0 saturated heterocycles. The fourth-order valence-corrected chi connectivity index (χ4v) is 0.951. The van der Waals surface area contributed by atoms with Crippen molar-refractivity contribution in [3.63, 3.8) is 0 Å². The average Bonchev–Trinajstić information content (AvgIpc) is 2.35. The van der Waals surface area contributed by atoms with Crippen molar-refractivity contribution in [2.75, 3.05) is 13.2 Å². The van der Waals surface area contributed by atoms with Gasteiger partial charge in [0.2, 0.25) is 0 Å². The van der Waals surface area contributed by atoms with Gasteiger partial charge >= 0.3 is 29.7 Å². The number of esters is 1. The van der Waals surface area contributed by atoms with Gasteiger partial charge in [0, 0.05) is 6.08 Å². The standard InChI is InChI=1S/C9H7F8NO3/c1-2-5(19)21-4-7(12,13)9(16,17)8(14,15)6(10,11)3-18-20/h2H,1,3-4H2. The average molecular weight is 329 g/mol. The molecule has 122 valence electrons. The third-order valence-corrected chi connectivity index (χ3v) is 2.14. The Hall–Kier alpha value is -1.75. The van der Waals surface area contributed by atoms with E-state index in [2.05, 4.69) is 11.3 Å². The minimum absolute atomic E-state index is 0.261. The van der Waals surface area contributed by atoms with Crippen molar-refractivity contribution in [3.8, 4) is 0 Å². The molecule has 0 rings (SSSR count). The number of nitroso groups, excluding NO2 is 1. The molecule has 0 amide bonds. The van der Waals surface area contributed by atoms with E-state index in [-0.39, 0.29) is 6.08 Å². The molecule has 0 radical (unpaired) electrons. The van der Waals surface area contributed by atoms with Crippen LogP contribution in [0.1, 0.15) is 0 Å². The highest BCUT2D eigenvalue weighted by Crippen LogP contribution is 2.52. The Morgan fingerprint density at radius 2 is 1.43 bits per heavy atom. The molecule has 0 atom stereocenters. The van der Waals surface area contributed by atoms with E-state index < -0.39 is 42.8 Å². The Morgan fingerprint density at radius 1 is 1.00 bits per heavy atom. The molecule has 0 saturated carbocycles. The van der Waals surface area contributed by atoms with Crippen LogP contribution in [0.3, 0.4) is 0 Å². The molecule has 12 heteroatoms. The van der Waals surface area contributed by atoms with Crippen molar-refractivity contribution in [3.05, 3.63) is 17.6 Å². The molecule has 0 aromatic heterocycles. The van der Waals surface area contributed by atoms with E-state index in [0.717, 1.165) is 0 Å². The first-order valence-electron chi connectivity index (χ1n) is 4.86. The summed E-state index contributed by atoms with van der Waals surface area (Å²) in [5.74, 6) is -26.5. The second kappa shape index (κ2) is 5.93. The summed E-state index contributed by atoms with van der Waals surface area (Å²) in [7, 11) is 0. The van der Waals surface area contributed by atoms with E-state index in [4.69, 9.17) is 0 Å². The maximum Gasteiger partial charge on any atom is 0.381 e. The molecule has 0 fully saturated rings. The third kappa shape index (κ3) is 3.47. The number of carbonyl (C=O) groups excluding carboxylic acids is 1. The molecule has 0 unspecified atom stereocenters. The monoisotopic (exact) mass is 329 g/mol. The lowest BCUT2D eigenvalue weighted by molar-refractivity contribution is -0.367. The molecule has 0 aliphatic carbocycles. The third-order valence-electron chi connectivity index (χ3n) is 2.14. The number of halogens is 8. The van der Waals surface area contributed by atoms with Crippen molar-refractivity contribution in [2.24, 2.45) is 5.18 Å². The lowest BCUT2D eigenvalue weighted by atomic mass is 9.99. The zero-order valence-electron chi connectivity index (χ0n) is 9.89. The zero-order valence-corrected chi connectivity index (χ0v) is 9.89. The van der Waals surface area contributed by atoms with Crippen molar-refractivity contribution >= 4 is 5.97 Å². The molecule has 0 aliphatic rings. The predicted octanol–water partition coefficient (Wildman–Crippen LogP) is 3.02. The van der Waals surface area contributed by atoms with Gasteiger partial charge in [-0.2, -0.15) is 40.0 Å². The van der Waals surface area contributed by atoms with Crippen molar-refractivity contribution in [1.29, 1.82) is 0 Å². The van der Waals surface area contributed by atoms with Gasteiger partial charge in [-0.15, -0.1) is 0 Å². The van der Waals surface area contributed by atoms with Crippen LogP contribution in [0.4, 0.5) is 35.1 Å². The first kappa shape index (κ1) is 19.2. The van der Waals surface area contributed by atoms with Gasteiger partial charge in [0.1, 0.15) is 0 Å². The van der Waals surface area contributed by atoms with Crippen molar-refractivity contribution < 1.29 is 44.7 Å². The van der Waals surface area contributed by atoms with Gasteiger partial charge in [0.05, 0.1) is 0 Å². The van der Waals surface area contributed by atoms with Crippen molar-refractivity contribution in [1.82, 2.24) is 0 Å². The molecule has 0 aliphatic heterocycles. The summed E-state index contributed by atoms with van der Waals surface area (Å²) >= 11 is 0. The van der Waals surface area contributed by atoms with E-state index in [9.17, 15) is 44.8 Å². The van der Waals surface area contributed by atoms with Gasteiger partial charge in [-0.25, -0.2) is 4.79 Å². The van der Waals surface area contributed by atoms with Crippen LogP contribution in [-0.4, -0.2) is 42.8 Å². The van der Waals surface area contributed by atoms with Crippen LogP contribution in [0.25, 0.3) is 0 Å². The molecule has 0 aromatic rings. The topological polar surface area (TPSA) is 55.7 Å². The number of ether oxygens (including phenoxy) is 1. The highest BCUT2D eigenvalue weighted by molar-refractivity contribution is 5.81. The first-order chi connectivity index (χ1) is 9.27. The van der Waals surface area contributed by atoms with Crippen LogP contribution in [0.5, 0.6) is 0 Å². The SMILES string of the molecule is C=CC(=O)OCC(F)(F)C(F)(F)C(F)(F)C(F)(F)CN=O. The van der Waals surface area contributed by atoms with E-state index in [1.807, 2.05) is 0 Å². The number of alkyl halides is 8. The summed E-state index contributed by atoms with van der Waals surface area (Å²) in [4.78, 5) is 19.9. The summed E-state index contributed by atoms with van der Waals surface area (Å²) in [6.45, 7) is -2.52. The molecular formula is C9H7F8NO3. The van der Waals surface area contributed by atoms with Gasteiger partial charge in [-0.05, 0) is 0 Å². The number of rotatable bonds is 8. The Balaban J connectivity index is 5.45. The van der Waals surface area contributed by atoms with E-state index in [1.165, 1.54) is 5.18 Å². The maximum atomic E-state index is 13.0. The highest BCUT2D eigenvalue weighted by atomic mass is 19.4. The normalized spacial score (nSPS) is 13.7. The van der Waals surface area contributed by atoms with E-state index >= 15 is 0 Å². The Morgan fingerprint density at radius 3 is 1.81 bits per heavy atom. The molecule has 0 aromatic carbocycles. The fourth-order valence-electron chi connectivity index (χ4n) is 0.951. The molecule has 0 spiro atoms. The van der Waals surface area contributed by atoms with E-state index in [0.29, 0.717) is 0 Å². The molecule has 4 nitrogen and oxygen atoms in total. The summed E-state index contributed by atoms with van der Waals surface area (Å²) < 4.78 is 107. The van der Waals surface area contributed by atoms with Crippen LogP contribution in [0.2, 0.25) is 0 Å². The summed E-state index contributed by atoms with van der Waals surface area (Å²) in [5.41, 5.74) is 0. The van der Waals surface area contributed by atoms with E-state index in [1.54, 1.807) is 0 Å². The van der Waals surface area contributed by atoms with Gasteiger partial charge in [-0.3, -0.25) is 0 Å². The Labute approximate surface area is 111 Å². The second-order valence-corrected chi connectivity index (χ2v) is 3.66. The lowest BCUT2D eigenvalue weighted by Crippen LogP contribution is -2.64. The minimum Gasteiger partial charge on any atom is -0.456 e. The summed E-state index contributed by atoms with van der Waals surface area (Å²) in [6.07, 6.45) is 0.261. The lowest BCUT2D eigenvalue weighted by Gasteiger charge is -2.35. The fraction of sp³-hybridized carbons (Fsp3) is 0.667. The number of hydrogen-bond donors (Lipinski definition) is 0. The minimum atomic E-state index is -6.62. The zero-order chi connectivity index (χ0) is 17.1. The number of hydrogen-bond acceptors (Lipinski definition) is 4. The largest absolute Gasteiger partial charge is 0.456 e.